The van der Waals surface area contributed by atoms with Gasteiger partial charge in [0.25, 0.3) is 0 Å². The maximum atomic E-state index is 12.3. The van der Waals surface area contributed by atoms with Gasteiger partial charge in [-0.15, -0.1) is 0 Å². The van der Waals surface area contributed by atoms with E-state index in [4.69, 9.17) is 15.1 Å². The SMILES string of the molecule is CCC1CC(CC(=O)O)CCN1CC1CN(c2ccc(C#N)cc2)C(=O)O1. The number of carboxylic acids is 1. The van der Waals surface area contributed by atoms with Crippen molar-refractivity contribution in [1.29, 1.82) is 5.26 Å². The molecule has 0 bridgehead atoms. The number of aliphatic carboxylic acids is 1. The molecular formula is C20H25N3O4. The maximum absolute atomic E-state index is 12.3. The molecule has 0 radical (unpaired) electrons. The lowest BCUT2D eigenvalue weighted by atomic mass is 9.87. The van der Waals surface area contributed by atoms with E-state index in [0.29, 0.717) is 24.7 Å². The molecule has 0 spiro atoms. The minimum atomic E-state index is -0.730. The predicted molar refractivity (Wildman–Crippen MR) is 99.4 cm³/mol. The van der Waals surface area contributed by atoms with Crippen LogP contribution in [0.5, 0.6) is 0 Å². The van der Waals surface area contributed by atoms with Gasteiger partial charge in [0.1, 0.15) is 6.10 Å². The van der Waals surface area contributed by atoms with Crippen molar-refractivity contribution in [2.24, 2.45) is 5.92 Å². The molecule has 3 rings (SSSR count). The summed E-state index contributed by atoms with van der Waals surface area (Å²) in [4.78, 5) is 27.2. The number of nitriles is 1. The van der Waals surface area contributed by atoms with Gasteiger partial charge in [0.05, 0.1) is 18.2 Å². The average molecular weight is 371 g/mol. The summed E-state index contributed by atoms with van der Waals surface area (Å²) < 4.78 is 5.56. The Morgan fingerprint density at radius 3 is 2.74 bits per heavy atom. The predicted octanol–water partition coefficient (Wildman–Crippen LogP) is 2.85. The number of anilines is 1. The molecule has 7 nitrogen and oxygen atoms in total. The number of amides is 1. The number of carboxylic acid groups (broad SMARTS) is 1. The molecule has 27 heavy (non-hydrogen) atoms. The van der Waals surface area contributed by atoms with Crippen molar-refractivity contribution in [2.45, 2.75) is 44.8 Å². The molecule has 0 aliphatic carbocycles. The summed E-state index contributed by atoms with van der Waals surface area (Å²) in [6.45, 7) is 4.10. The number of rotatable bonds is 6. The highest BCUT2D eigenvalue weighted by molar-refractivity contribution is 5.89. The Kier molecular flexibility index (Phi) is 5.97. The fourth-order valence-corrected chi connectivity index (χ4v) is 4.09. The van der Waals surface area contributed by atoms with Crippen LogP contribution < -0.4 is 4.90 Å². The molecule has 3 atom stereocenters. The Morgan fingerprint density at radius 1 is 1.37 bits per heavy atom. The highest BCUT2D eigenvalue weighted by Gasteiger charge is 2.36. The van der Waals surface area contributed by atoms with Gasteiger partial charge in [0.2, 0.25) is 0 Å². The van der Waals surface area contributed by atoms with Crippen molar-refractivity contribution in [3.8, 4) is 6.07 Å². The number of benzene rings is 1. The second-order valence-electron chi connectivity index (χ2n) is 7.32. The summed E-state index contributed by atoms with van der Waals surface area (Å²) >= 11 is 0. The maximum Gasteiger partial charge on any atom is 0.414 e. The van der Waals surface area contributed by atoms with Crippen molar-refractivity contribution in [1.82, 2.24) is 4.90 Å². The molecule has 144 valence electrons. The second kappa shape index (κ2) is 8.40. The van der Waals surface area contributed by atoms with Gasteiger partial charge in [0.15, 0.2) is 0 Å². The molecule has 2 saturated heterocycles. The summed E-state index contributed by atoms with van der Waals surface area (Å²) in [6.07, 6.45) is 2.36. The van der Waals surface area contributed by atoms with E-state index in [1.54, 1.807) is 29.2 Å². The highest BCUT2D eigenvalue weighted by atomic mass is 16.6. The third kappa shape index (κ3) is 4.58. The van der Waals surface area contributed by atoms with Crippen molar-refractivity contribution in [3.63, 3.8) is 0 Å². The molecule has 2 heterocycles. The van der Waals surface area contributed by atoms with Crippen LogP contribution in [-0.4, -0.2) is 53.8 Å². The van der Waals surface area contributed by atoms with Gasteiger partial charge < -0.3 is 9.84 Å². The summed E-state index contributed by atoms with van der Waals surface area (Å²) in [5, 5.41) is 17.9. The van der Waals surface area contributed by atoms with Gasteiger partial charge in [-0.1, -0.05) is 6.92 Å². The van der Waals surface area contributed by atoms with Gasteiger partial charge in [-0.25, -0.2) is 4.79 Å². The van der Waals surface area contributed by atoms with Crippen LogP contribution in [0.25, 0.3) is 0 Å². The normalized spacial score (nSPS) is 25.9. The lowest BCUT2D eigenvalue weighted by Crippen LogP contribution is -2.46. The first-order chi connectivity index (χ1) is 13.0. The molecular weight excluding hydrogens is 346 g/mol. The first-order valence-corrected chi connectivity index (χ1v) is 9.44. The van der Waals surface area contributed by atoms with E-state index in [0.717, 1.165) is 31.5 Å². The number of nitrogens with zero attached hydrogens (tertiary/aromatic N) is 3. The van der Waals surface area contributed by atoms with Crippen molar-refractivity contribution >= 4 is 17.7 Å². The van der Waals surface area contributed by atoms with Gasteiger partial charge in [-0.2, -0.15) is 5.26 Å². The van der Waals surface area contributed by atoms with E-state index >= 15 is 0 Å². The topological polar surface area (TPSA) is 93.9 Å². The van der Waals surface area contributed by atoms with E-state index in [1.165, 1.54) is 0 Å². The highest BCUT2D eigenvalue weighted by Crippen LogP contribution is 2.29. The molecule has 0 saturated carbocycles. The van der Waals surface area contributed by atoms with Gasteiger partial charge in [-0.05, 0) is 56.0 Å². The lowest BCUT2D eigenvalue weighted by molar-refractivity contribution is -0.138. The number of carbonyl (C=O) groups excluding carboxylic acids is 1. The third-order valence-electron chi connectivity index (χ3n) is 5.50. The van der Waals surface area contributed by atoms with Crippen LogP contribution in [0.2, 0.25) is 0 Å². The Morgan fingerprint density at radius 2 is 2.11 bits per heavy atom. The fourth-order valence-electron chi connectivity index (χ4n) is 4.09. The number of piperidine rings is 1. The Hall–Kier alpha value is -2.59. The molecule has 7 heteroatoms. The molecule has 2 aliphatic rings. The zero-order chi connectivity index (χ0) is 19.4. The smallest absolute Gasteiger partial charge is 0.414 e. The quantitative estimate of drug-likeness (QED) is 0.826. The van der Waals surface area contributed by atoms with E-state index < -0.39 is 5.97 Å². The third-order valence-corrected chi connectivity index (χ3v) is 5.50. The number of carbonyl (C=O) groups is 2. The molecule has 2 fully saturated rings. The molecule has 1 amide bonds. The first kappa shape index (κ1) is 19.2. The molecule has 1 N–H and O–H groups in total. The van der Waals surface area contributed by atoms with Crippen molar-refractivity contribution < 1.29 is 19.4 Å². The van der Waals surface area contributed by atoms with E-state index in [1.807, 2.05) is 0 Å². The molecule has 0 aromatic heterocycles. The standard InChI is InChI=1S/C20H25N3O4/c1-2-16-9-15(10-19(24)25)7-8-22(16)12-18-13-23(20(26)27-18)17-5-3-14(11-21)4-6-17/h3-6,15-16,18H,2,7-10,12-13H2,1H3,(H,24,25). The van der Waals surface area contributed by atoms with Crippen LogP contribution in [0.4, 0.5) is 10.5 Å². The zero-order valence-electron chi connectivity index (χ0n) is 15.5. The van der Waals surface area contributed by atoms with Gasteiger partial charge in [0, 0.05) is 24.7 Å². The number of cyclic esters (lactones) is 1. The van der Waals surface area contributed by atoms with Crippen LogP contribution in [0.3, 0.4) is 0 Å². The fraction of sp³-hybridized carbons (Fsp3) is 0.550. The first-order valence-electron chi connectivity index (χ1n) is 9.44. The van der Waals surface area contributed by atoms with Crippen LogP contribution in [0.15, 0.2) is 24.3 Å². The van der Waals surface area contributed by atoms with Crippen LogP contribution >= 0.6 is 0 Å². The minimum Gasteiger partial charge on any atom is -0.481 e. The number of ether oxygens (including phenoxy) is 1. The second-order valence-corrected chi connectivity index (χ2v) is 7.32. The Balaban J connectivity index is 1.59. The molecule has 1 aromatic carbocycles. The zero-order valence-corrected chi connectivity index (χ0v) is 15.5. The van der Waals surface area contributed by atoms with Crippen LogP contribution in [-0.2, 0) is 9.53 Å². The van der Waals surface area contributed by atoms with Crippen LogP contribution in [0, 0.1) is 17.2 Å². The molecule has 3 unspecified atom stereocenters. The summed E-state index contributed by atoms with van der Waals surface area (Å²) in [7, 11) is 0. The van der Waals surface area contributed by atoms with Crippen molar-refractivity contribution in [3.05, 3.63) is 29.8 Å². The summed E-state index contributed by atoms with van der Waals surface area (Å²) in [5.41, 5.74) is 1.28. The van der Waals surface area contributed by atoms with Crippen LogP contribution in [0.1, 0.15) is 38.2 Å². The number of likely N-dealkylation sites (tertiary alicyclic amines) is 1. The summed E-state index contributed by atoms with van der Waals surface area (Å²) in [5.74, 6) is -0.504. The Labute approximate surface area is 159 Å². The van der Waals surface area contributed by atoms with E-state index in [-0.39, 0.29) is 24.5 Å². The van der Waals surface area contributed by atoms with E-state index in [2.05, 4.69) is 17.9 Å². The number of hydrogen-bond acceptors (Lipinski definition) is 5. The van der Waals surface area contributed by atoms with Crippen molar-refractivity contribution in [2.75, 3.05) is 24.5 Å². The summed E-state index contributed by atoms with van der Waals surface area (Å²) in [6, 6.07) is 9.29. The van der Waals surface area contributed by atoms with Gasteiger partial charge in [-0.3, -0.25) is 14.6 Å². The number of hydrogen-bond donors (Lipinski definition) is 1. The van der Waals surface area contributed by atoms with Gasteiger partial charge >= 0.3 is 12.1 Å². The lowest BCUT2D eigenvalue weighted by Gasteiger charge is -2.39. The Bertz CT molecular complexity index is 728. The largest absolute Gasteiger partial charge is 0.481 e. The average Bonchev–Trinajstić information content (AvgIpc) is 3.02. The van der Waals surface area contributed by atoms with E-state index in [9.17, 15) is 9.59 Å². The molecule has 1 aromatic rings. The molecule has 2 aliphatic heterocycles. The monoisotopic (exact) mass is 371 g/mol. The minimum absolute atomic E-state index is 0.210.